The Bertz CT molecular complexity index is 1180. The van der Waals surface area contributed by atoms with Crippen LogP contribution in [0.1, 0.15) is 29.7 Å². The number of aryl methyl sites for hydroxylation is 1. The molecule has 1 aromatic heterocycles. The molecule has 1 aliphatic carbocycles. The van der Waals surface area contributed by atoms with Crippen molar-refractivity contribution in [3.05, 3.63) is 62.7 Å². The minimum absolute atomic E-state index is 0.230. The number of aromatic nitrogens is 1. The van der Waals surface area contributed by atoms with E-state index < -0.39 is 0 Å². The van der Waals surface area contributed by atoms with Crippen molar-refractivity contribution in [2.75, 3.05) is 5.32 Å². The Morgan fingerprint density at radius 2 is 1.96 bits per heavy atom. The van der Waals surface area contributed by atoms with Gasteiger partial charge in [0.05, 0.1) is 17.1 Å². The first-order valence-electron chi connectivity index (χ1n) is 8.66. The maximum atomic E-state index is 12.3. The molecule has 0 radical (unpaired) electrons. The number of rotatable bonds is 1. The zero-order chi connectivity index (χ0) is 18.5. The molecule has 1 aliphatic heterocycles. The number of halogens is 2. The van der Waals surface area contributed by atoms with E-state index in [0.717, 1.165) is 62.3 Å². The number of aromatic amines is 1. The summed E-state index contributed by atoms with van der Waals surface area (Å²) in [6.07, 6.45) is 2.78. The van der Waals surface area contributed by atoms with Crippen LogP contribution in [-0.2, 0) is 11.2 Å². The Morgan fingerprint density at radius 3 is 2.85 bits per heavy atom. The van der Waals surface area contributed by atoms with Crippen molar-refractivity contribution in [2.45, 2.75) is 19.3 Å². The van der Waals surface area contributed by atoms with Gasteiger partial charge in [-0.3, -0.25) is 4.79 Å². The fourth-order valence-electron chi connectivity index (χ4n) is 3.72. The maximum Gasteiger partial charge on any atom is 0.276 e. The number of anilines is 1. The number of benzene rings is 2. The van der Waals surface area contributed by atoms with Crippen LogP contribution in [-0.4, -0.2) is 22.3 Å². The molecule has 0 unspecified atom stereocenters. The summed E-state index contributed by atoms with van der Waals surface area (Å²) < 4.78 is 0.894. The van der Waals surface area contributed by atoms with E-state index in [9.17, 15) is 4.79 Å². The van der Waals surface area contributed by atoms with Crippen LogP contribution in [0.25, 0.3) is 10.9 Å². The van der Waals surface area contributed by atoms with E-state index in [4.69, 9.17) is 11.6 Å². The summed E-state index contributed by atoms with van der Waals surface area (Å²) >= 11 is 9.61. The van der Waals surface area contributed by atoms with Gasteiger partial charge >= 0.3 is 0 Å². The Hall–Kier alpha value is -2.44. The summed E-state index contributed by atoms with van der Waals surface area (Å²) in [5, 5.41) is 13.5. The van der Waals surface area contributed by atoms with Gasteiger partial charge in [-0.15, -0.1) is 5.10 Å². The fourth-order valence-corrected chi connectivity index (χ4v) is 4.25. The Morgan fingerprint density at radius 1 is 1.07 bits per heavy atom. The highest BCUT2D eigenvalue weighted by molar-refractivity contribution is 9.10. The number of nitrogens with one attached hydrogen (secondary N) is 2. The van der Waals surface area contributed by atoms with Gasteiger partial charge in [-0.1, -0.05) is 27.5 Å². The topological polar surface area (TPSA) is 69.6 Å². The van der Waals surface area contributed by atoms with Crippen LogP contribution < -0.4 is 5.32 Å². The molecule has 7 heteroatoms. The van der Waals surface area contributed by atoms with Crippen LogP contribution in [0.5, 0.6) is 0 Å². The third-order valence-corrected chi connectivity index (χ3v) is 5.70. The normalized spacial score (nSPS) is 18.8. The average Bonchev–Trinajstić information content (AvgIpc) is 3.17. The standard InChI is InChI=1S/C20H14BrClN4O/c21-10-4-6-16-14(8-10)19(20(27)24-16)26-25-17-3-1-2-12-13-9-11(22)5-7-15(13)23-18(12)17/h4-9,23H,1-3H2,(H,24,26,27)/b25-17+. The molecule has 0 saturated carbocycles. The summed E-state index contributed by atoms with van der Waals surface area (Å²) in [5.41, 5.74) is 5.98. The van der Waals surface area contributed by atoms with E-state index in [0.29, 0.717) is 5.71 Å². The second-order valence-corrected chi connectivity index (χ2v) is 8.01. The highest BCUT2D eigenvalue weighted by atomic mass is 79.9. The van der Waals surface area contributed by atoms with Crippen LogP contribution in [0.15, 0.2) is 51.1 Å². The predicted molar refractivity (Wildman–Crippen MR) is 112 cm³/mol. The van der Waals surface area contributed by atoms with Crippen molar-refractivity contribution < 1.29 is 4.79 Å². The largest absolute Gasteiger partial charge is 0.353 e. The van der Waals surface area contributed by atoms with E-state index in [1.165, 1.54) is 5.56 Å². The van der Waals surface area contributed by atoms with Gasteiger partial charge in [0.1, 0.15) is 0 Å². The summed E-state index contributed by atoms with van der Waals surface area (Å²) in [6.45, 7) is 0. The molecule has 5 rings (SSSR count). The molecular weight excluding hydrogens is 428 g/mol. The molecule has 0 saturated heterocycles. The molecule has 3 aromatic rings. The lowest BCUT2D eigenvalue weighted by molar-refractivity contribution is -0.110. The Balaban J connectivity index is 1.60. The van der Waals surface area contributed by atoms with E-state index in [2.05, 4.69) is 36.4 Å². The quantitative estimate of drug-likeness (QED) is 0.509. The van der Waals surface area contributed by atoms with Crippen molar-refractivity contribution in [1.82, 2.24) is 4.98 Å². The van der Waals surface area contributed by atoms with Gasteiger partial charge in [-0.25, -0.2) is 0 Å². The number of nitrogens with zero attached hydrogens (tertiary/aromatic N) is 2. The summed E-state index contributed by atoms with van der Waals surface area (Å²) in [7, 11) is 0. The highest BCUT2D eigenvalue weighted by Crippen LogP contribution is 2.32. The van der Waals surface area contributed by atoms with Crippen LogP contribution in [0.2, 0.25) is 5.02 Å². The molecule has 2 aliphatic rings. The highest BCUT2D eigenvalue weighted by Gasteiger charge is 2.27. The molecule has 0 bridgehead atoms. The Labute approximate surface area is 168 Å². The lowest BCUT2D eigenvalue weighted by atomic mass is 9.94. The molecule has 2 aromatic carbocycles. The van der Waals surface area contributed by atoms with Gasteiger partial charge in [-0.2, -0.15) is 5.10 Å². The molecular formula is C20H14BrClN4O. The van der Waals surface area contributed by atoms with E-state index in [-0.39, 0.29) is 5.91 Å². The van der Waals surface area contributed by atoms with E-state index in [1.54, 1.807) is 0 Å². The number of fused-ring (bicyclic) bond motifs is 4. The molecule has 0 fully saturated rings. The zero-order valence-corrected chi connectivity index (χ0v) is 16.5. The summed E-state index contributed by atoms with van der Waals surface area (Å²) in [5.74, 6) is -0.230. The number of hydrogen-bond donors (Lipinski definition) is 2. The predicted octanol–water partition coefficient (Wildman–Crippen LogP) is 5.07. The third-order valence-electron chi connectivity index (χ3n) is 4.97. The van der Waals surface area contributed by atoms with Crippen molar-refractivity contribution in [3.63, 3.8) is 0 Å². The molecule has 134 valence electrons. The minimum atomic E-state index is -0.230. The molecule has 5 nitrogen and oxygen atoms in total. The summed E-state index contributed by atoms with van der Waals surface area (Å²) in [4.78, 5) is 15.7. The van der Waals surface area contributed by atoms with Crippen LogP contribution in [0.4, 0.5) is 5.69 Å². The Kier molecular flexibility index (Phi) is 3.91. The fraction of sp³-hybridized carbons (Fsp3) is 0.150. The average molecular weight is 442 g/mol. The van der Waals surface area contributed by atoms with Crippen LogP contribution in [0.3, 0.4) is 0 Å². The van der Waals surface area contributed by atoms with Crippen molar-refractivity contribution in [2.24, 2.45) is 10.2 Å². The zero-order valence-electron chi connectivity index (χ0n) is 14.1. The van der Waals surface area contributed by atoms with Gasteiger partial charge < -0.3 is 10.3 Å². The van der Waals surface area contributed by atoms with Gasteiger partial charge in [0.25, 0.3) is 5.91 Å². The second-order valence-electron chi connectivity index (χ2n) is 6.66. The van der Waals surface area contributed by atoms with Crippen LogP contribution >= 0.6 is 27.5 Å². The molecule has 1 amide bonds. The lowest BCUT2D eigenvalue weighted by Crippen LogP contribution is -2.15. The van der Waals surface area contributed by atoms with Gasteiger partial charge in [0.15, 0.2) is 5.71 Å². The molecule has 0 spiro atoms. The molecule has 2 heterocycles. The van der Waals surface area contributed by atoms with E-state index >= 15 is 0 Å². The van der Waals surface area contributed by atoms with Gasteiger partial charge in [0, 0.05) is 26.0 Å². The maximum absolute atomic E-state index is 12.3. The van der Waals surface area contributed by atoms with E-state index in [1.807, 2.05) is 36.4 Å². The SMILES string of the molecule is O=C1Nc2ccc(Br)cc2/C1=N/N=C1\CCCc2c1[nH]c1ccc(Cl)cc21. The first-order valence-corrected chi connectivity index (χ1v) is 9.83. The lowest BCUT2D eigenvalue weighted by Gasteiger charge is -2.13. The number of carbonyl (C=O) groups excluding carboxylic acids is 1. The van der Waals surface area contributed by atoms with Gasteiger partial charge in [0.2, 0.25) is 0 Å². The number of amides is 1. The number of hydrogen-bond acceptors (Lipinski definition) is 3. The minimum Gasteiger partial charge on any atom is -0.353 e. The first-order chi connectivity index (χ1) is 13.1. The monoisotopic (exact) mass is 440 g/mol. The smallest absolute Gasteiger partial charge is 0.276 e. The summed E-state index contributed by atoms with van der Waals surface area (Å²) in [6, 6.07) is 11.5. The number of carbonyl (C=O) groups is 1. The van der Waals surface area contributed by atoms with Crippen LogP contribution in [0, 0.1) is 0 Å². The van der Waals surface area contributed by atoms with Crippen molar-refractivity contribution >= 4 is 61.5 Å². The second kappa shape index (κ2) is 6.32. The van der Waals surface area contributed by atoms with Crippen molar-refractivity contribution in [1.29, 1.82) is 0 Å². The molecule has 2 N–H and O–H groups in total. The first kappa shape index (κ1) is 16.7. The van der Waals surface area contributed by atoms with Crippen molar-refractivity contribution in [3.8, 4) is 0 Å². The molecule has 0 atom stereocenters. The molecule has 27 heavy (non-hydrogen) atoms. The van der Waals surface area contributed by atoms with Gasteiger partial charge in [-0.05, 0) is 61.2 Å². The third kappa shape index (κ3) is 2.80. The number of H-pyrrole nitrogens is 1.